The maximum absolute atomic E-state index is 12.7. The molecule has 1 aromatic rings. The highest BCUT2D eigenvalue weighted by atomic mass is 16.6. The molecule has 1 unspecified atom stereocenters. The van der Waals surface area contributed by atoms with Crippen LogP contribution in [0, 0.1) is 0 Å². The Hall–Kier alpha value is -2.41. The van der Waals surface area contributed by atoms with Crippen molar-refractivity contribution in [1.82, 2.24) is 10.6 Å². The molecular weight excluding hydrogens is 324 g/mol. The molecule has 1 atom stereocenters. The Balaban J connectivity index is 3.38. The van der Waals surface area contributed by atoms with Crippen LogP contribution in [0.15, 0.2) is 30.3 Å². The van der Waals surface area contributed by atoms with Gasteiger partial charge in [0, 0.05) is 6.92 Å². The van der Waals surface area contributed by atoms with Gasteiger partial charge in [-0.25, -0.2) is 9.59 Å². The summed E-state index contributed by atoms with van der Waals surface area (Å²) in [6, 6.07) is 8.58. The predicted octanol–water partition coefficient (Wildman–Crippen LogP) is 0.818. The van der Waals surface area contributed by atoms with Crippen molar-refractivity contribution in [2.75, 3.05) is 20.3 Å². The molecule has 0 aliphatic heterocycles. The maximum atomic E-state index is 12.7. The van der Waals surface area contributed by atoms with Crippen LogP contribution in [-0.4, -0.2) is 49.7 Å². The van der Waals surface area contributed by atoms with Gasteiger partial charge < -0.3 is 20.1 Å². The number of likely N-dealkylation sites (N-methyl/N-ethyl adjacent to an activating group) is 1. The molecule has 0 aliphatic rings. The topological polar surface area (TPSA) is 93.7 Å². The van der Waals surface area contributed by atoms with Crippen molar-refractivity contribution in [2.45, 2.75) is 38.8 Å². The summed E-state index contributed by atoms with van der Waals surface area (Å²) in [4.78, 5) is 37.3. The fraction of sp³-hybridized carbons (Fsp3) is 0.500. The monoisotopic (exact) mass is 350 g/mol. The Bertz CT molecular complexity index is 570. The van der Waals surface area contributed by atoms with E-state index >= 15 is 0 Å². The molecular formula is C18H26N2O5. The number of nitrogens with one attached hydrogen (secondary N) is 2. The summed E-state index contributed by atoms with van der Waals surface area (Å²) >= 11 is 0. The molecule has 0 saturated heterocycles. The minimum absolute atomic E-state index is 0.0708. The van der Waals surface area contributed by atoms with Gasteiger partial charge in [0.1, 0.15) is 0 Å². The summed E-state index contributed by atoms with van der Waals surface area (Å²) in [5.41, 5.74) is -1.08. The van der Waals surface area contributed by atoms with E-state index in [1.807, 2.05) is 30.3 Å². The standard InChI is InChI=1S/C18H26N2O5/c1-5-24-16(22)18(20-13(3)21,17(23)25-6-2)15(19-4)12-14-10-8-7-9-11-14/h7-11,15,19H,5-6,12H2,1-4H3,(H,20,21). The maximum Gasteiger partial charge on any atom is 0.345 e. The fourth-order valence-electron chi connectivity index (χ4n) is 2.65. The molecule has 0 spiro atoms. The first-order chi connectivity index (χ1) is 11.9. The molecule has 0 bridgehead atoms. The lowest BCUT2D eigenvalue weighted by atomic mass is 9.85. The van der Waals surface area contributed by atoms with Crippen LogP contribution < -0.4 is 10.6 Å². The zero-order valence-corrected chi connectivity index (χ0v) is 15.1. The molecule has 2 N–H and O–H groups in total. The van der Waals surface area contributed by atoms with Gasteiger partial charge in [-0.3, -0.25) is 4.79 Å². The van der Waals surface area contributed by atoms with E-state index in [1.165, 1.54) is 6.92 Å². The summed E-state index contributed by atoms with van der Waals surface area (Å²) in [5.74, 6) is -2.23. The third-order valence-electron chi connectivity index (χ3n) is 3.72. The van der Waals surface area contributed by atoms with E-state index < -0.39 is 29.4 Å². The molecule has 7 heteroatoms. The van der Waals surface area contributed by atoms with Crippen molar-refractivity contribution in [2.24, 2.45) is 0 Å². The van der Waals surface area contributed by atoms with Crippen LogP contribution in [-0.2, 0) is 30.3 Å². The number of benzene rings is 1. The number of carbonyl (C=O) groups is 3. The van der Waals surface area contributed by atoms with Crippen molar-refractivity contribution >= 4 is 17.8 Å². The van der Waals surface area contributed by atoms with Gasteiger partial charge in [0.05, 0.1) is 19.3 Å². The summed E-state index contributed by atoms with van der Waals surface area (Å²) in [7, 11) is 1.61. The Kier molecular flexibility index (Phi) is 8.07. The Labute approximate surface area is 148 Å². The van der Waals surface area contributed by atoms with E-state index in [4.69, 9.17) is 9.47 Å². The zero-order valence-electron chi connectivity index (χ0n) is 15.1. The first-order valence-corrected chi connectivity index (χ1v) is 8.26. The van der Waals surface area contributed by atoms with E-state index in [1.54, 1.807) is 20.9 Å². The molecule has 25 heavy (non-hydrogen) atoms. The average molecular weight is 350 g/mol. The number of carbonyl (C=O) groups excluding carboxylic acids is 3. The molecule has 0 aliphatic carbocycles. The molecule has 1 amide bonds. The van der Waals surface area contributed by atoms with Crippen LogP contribution >= 0.6 is 0 Å². The van der Waals surface area contributed by atoms with Crippen molar-refractivity contribution in [1.29, 1.82) is 0 Å². The number of hydrogen-bond acceptors (Lipinski definition) is 6. The highest BCUT2D eigenvalue weighted by Crippen LogP contribution is 2.20. The molecule has 0 aromatic heterocycles. The van der Waals surface area contributed by atoms with Crippen LogP contribution in [0.5, 0.6) is 0 Å². The molecule has 0 heterocycles. The van der Waals surface area contributed by atoms with Gasteiger partial charge in [0.2, 0.25) is 5.91 Å². The van der Waals surface area contributed by atoms with Gasteiger partial charge in [0.25, 0.3) is 5.54 Å². The lowest BCUT2D eigenvalue weighted by Gasteiger charge is -2.36. The number of ether oxygens (including phenoxy) is 2. The molecule has 0 saturated carbocycles. The summed E-state index contributed by atoms with van der Waals surface area (Å²) in [6.07, 6.45) is 0.315. The lowest BCUT2D eigenvalue weighted by molar-refractivity contribution is -0.170. The van der Waals surface area contributed by atoms with Gasteiger partial charge in [0.15, 0.2) is 0 Å². The third-order valence-corrected chi connectivity index (χ3v) is 3.72. The minimum atomic E-state index is -1.97. The van der Waals surface area contributed by atoms with Crippen LogP contribution in [0.4, 0.5) is 0 Å². The smallest absolute Gasteiger partial charge is 0.345 e. The Morgan fingerprint density at radius 1 is 1.04 bits per heavy atom. The van der Waals surface area contributed by atoms with Gasteiger partial charge in [-0.2, -0.15) is 0 Å². The van der Waals surface area contributed by atoms with E-state index in [0.717, 1.165) is 5.56 Å². The van der Waals surface area contributed by atoms with Crippen LogP contribution in [0.1, 0.15) is 26.3 Å². The highest BCUT2D eigenvalue weighted by Gasteiger charge is 2.55. The third kappa shape index (κ3) is 5.03. The van der Waals surface area contributed by atoms with E-state index in [9.17, 15) is 14.4 Å². The largest absolute Gasteiger partial charge is 0.464 e. The molecule has 7 nitrogen and oxygen atoms in total. The van der Waals surface area contributed by atoms with Crippen molar-refractivity contribution in [3.8, 4) is 0 Å². The summed E-state index contributed by atoms with van der Waals surface area (Å²) in [5, 5.41) is 5.44. The number of rotatable bonds is 9. The number of esters is 2. The van der Waals surface area contributed by atoms with Crippen molar-refractivity contribution < 1.29 is 23.9 Å². The molecule has 138 valence electrons. The number of hydrogen-bond donors (Lipinski definition) is 2. The van der Waals surface area contributed by atoms with E-state index in [2.05, 4.69) is 10.6 Å². The van der Waals surface area contributed by atoms with Crippen LogP contribution in [0.25, 0.3) is 0 Å². The second-order valence-electron chi connectivity index (χ2n) is 5.46. The fourth-order valence-corrected chi connectivity index (χ4v) is 2.65. The molecule has 0 radical (unpaired) electrons. The van der Waals surface area contributed by atoms with Gasteiger partial charge >= 0.3 is 11.9 Å². The van der Waals surface area contributed by atoms with E-state index in [-0.39, 0.29) is 13.2 Å². The predicted molar refractivity (Wildman–Crippen MR) is 92.8 cm³/mol. The first-order valence-electron chi connectivity index (χ1n) is 8.26. The van der Waals surface area contributed by atoms with Crippen LogP contribution in [0.2, 0.25) is 0 Å². The van der Waals surface area contributed by atoms with Crippen molar-refractivity contribution in [3.05, 3.63) is 35.9 Å². The summed E-state index contributed by atoms with van der Waals surface area (Å²) < 4.78 is 10.2. The first kappa shape index (κ1) is 20.6. The SMILES string of the molecule is CCOC(=O)C(NC(C)=O)(C(=O)OCC)C(Cc1ccccc1)NC. The molecule has 1 rings (SSSR count). The van der Waals surface area contributed by atoms with E-state index in [0.29, 0.717) is 6.42 Å². The molecule has 0 fully saturated rings. The average Bonchev–Trinajstić information content (AvgIpc) is 2.58. The second-order valence-corrected chi connectivity index (χ2v) is 5.46. The van der Waals surface area contributed by atoms with Gasteiger partial charge in [-0.1, -0.05) is 30.3 Å². The summed E-state index contributed by atoms with van der Waals surface area (Å²) in [6.45, 7) is 4.64. The zero-order chi connectivity index (χ0) is 18.9. The second kappa shape index (κ2) is 9.78. The molecule has 1 aromatic carbocycles. The quantitative estimate of drug-likeness (QED) is 0.506. The normalized spacial score (nSPS) is 12.2. The Morgan fingerprint density at radius 3 is 1.96 bits per heavy atom. The van der Waals surface area contributed by atoms with Crippen LogP contribution in [0.3, 0.4) is 0 Å². The van der Waals surface area contributed by atoms with Crippen molar-refractivity contribution in [3.63, 3.8) is 0 Å². The Morgan fingerprint density at radius 2 is 1.56 bits per heavy atom. The lowest BCUT2D eigenvalue weighted by Crippen LogP contribution is -2.71. The van der Waals surface area contributed by atoms with Gasteiger partial charge in [-0.05, 0) is 32.9 Å². The number of amides is 1. The minimum Gasteiger partial charge on any atom is -0.464 e. The van der Waals surface area contributed by atoms with Gasteiger partial charge in [-0.15, -0.1) is 0 Å². The highest BCUT2D eigenvalue weighted by molar-refractivity contribution is 6.08.